The van der Waals surface area contributed by atoms with Gasteiger partial charge in [0.2, 0.25) is 0 Å². The molecular formula is C11H19ClN2O2. The molecule has 1 rings (SSSR count). The summed E-state index contributed by atoms with van der Waals surface area (Å²) < 4.78 is 1.82. The highest BCUT2D eigenvalue weighted by atomic mass is 35.5. The van der Waals surface area contributed by atoms with Gasteiger partial charge in [0.05, 0.1) is 29.6 Å². The van der Waals surface area contributed by atoms with Crippen molar-refractivity contribution in [3.8, 4) is 0 Å². The zero-order valence-corrected chi connectivity index (χ0v) is 10.8. The highest BCUT2D eigenvalue weighted by molar-refractivity contribution is 6.31. The van der Waals surface area contributed by atoms with Gasteiger partial charge in [0.15, 0.2) is 0 Å². The highest BCUT2D eigenvalue weighted by Gasteiger charge is 2.27. The first-order chi connectivity index (χ1) is 7.47. The van der Waals surface area contributed by atoms with E-state index in [4.69, 9.17) is 11.6 Å². The molecule has 1 aromatic rings. The Kier molecular flexibility index (Phi) is 4.35. The largest absolute Gasteiger partial charge is 0.396 e. The minimum absolute atomic E-state index is 0.0756. The number of aliphatic hydroxyl groups excluding tert-OH is 2. The van der Waals surface area contributed by atoms with Crippen molar-refractivity contribution in [1.82, 2.24) is 9.78 Å². The van der Waals surface area contributed by atoms with Gasteiger partial charge in [-0.3, -0.25) is 4.68 Å². The van der Waals surface area contributed by atoms with Crippen LogP contribution in [0.15, 0.2) is 0 Å². The minimum Gasteiger partial charge on any atom is -0.396 e. The summed E-state index contributed by atoms with van der Waals surface area (Å²) in [4.78, 5) is 0. The molecule has 0 aliphatic carbocycles. The lowest BCUT2D eigenvalue weighted by Gasteiger charge is -2.24. The van der Waals surface area contributed by atoms with Gasteiger partial charge in [-0.15, -0.1) is 0 Å². The number of hydrogen-bond donors (Lipinski definition) is 2. The van der Waals surface area contributed by atoms with Crippen LogP contribution in [0.5, 0.6) is 0 Å². The van der Waals surface area contributed by atoms with Crippen LogP contribution in [0, 0.1) is 12.3 Å². The molecule has 16 heavy (non-hydrogen) atoms. The zero-order chi connectivity index (χ0) is 12.3. The number of aryl methyl sites for hydroxylation is 2. The van der Waals surface area contributed by atoms with E-state index < -0.39 is 5.41 Å². The van der Waals surface area contributed by atoms with Crippen LogP contribution in [0.25, 0.3) is 0 Å². The van der Waals surface area contributed by atoms with Gasteiger partial charge in [0.1, 0.15) is 0 Å². The van der Waals surface area contributed by atoms with E-state index in [-0.39, 0.29) is 13.2 Å². The molecule has 0 bridgehead atoms. The zero-order valence-electron chi connectivity index (χ0n) is 10.00. The summed E-state index contributed by atoms with van der Waals surface area (Å²) in [5.74, 6) is 0. The summed E-state index contributed by atoms with van der Waals surface area (Å²) in [6, 6.07) is 0. The molecule has 0 atom stereocenters. The molecular weight excluding hydrogens is 228 g/mol. The van der Waals surface area contributed by atoms with Crippen molar-refractivity contribution >= 4 is 11.6 Å². The van der Waals surface area contributed by atoms with Crippen molar-refractivity contribution in [3.63, 3.8) is 0 Å². The molecule has 0 amide bonds. The Hall–Kier alpha value is -0.580. The number of aliphatic hydroxyl groups is 2. The first-order valence-electron chi connectivity index (χ1n) is 5.41. The van der Waals surface area contributed by atoms with Gasteiger partial charge in [-0.2, -0.15) is 5.10 Å². The number of halogens is 1. The molecule has 1 heterocycles. The molecule has 0 spiro atoms. The quantitative estimate of drug-likeness (QED) is 0.826. The van der Waals surface area contributed by atoms with Gasteiger partial charge in [-0.1, -0.05) is 18.5 Å². The summed E-state index contributed by atoms with van der Waals surface area (Å²) in [5, 5.41) is 23.5. The molecule has 0 saturated heterocycles. The maximum Gasteiger partial charge on any atom is 0.0847 e. The van der Waals surface area contributed by atoms with E-state index in [9.17, 15) is 10.2 Å². The van der Waals surface area contributed by atoms with Gasteiger partial charge >= 0.3 is 0 Å². The predicted molar refractivity (Wildman–Crippen MR) is 63.6 cm³/mol. The Bertz CT molecular complexity index is 359. The Morgan fingerprint density at radius 1 is 1.38 bits per heavy atom. The second kappa shape index (κ2) is 5.17. The molecule has 0 unspecified atom stereocenters. The summed E-state index contributed by atoms with van der Waals surface area (Å²) in [5.41, 5.74) is 1.12. The van der Waals surface area contributed by atoms with Crippen molar-refractivity contribution in [2.45, 2.75) is 33.7 Å². The maximum atomic E-state index is 9.28. The highest BCUT2D eigenvalue weighted by Crippen LogP contribution is 2.28. The van der Waals surface area contributed by atoms with Crippen molar-refractivity contribution in [2.24, 2.45) is 5.41 Å². The van der Waals surface area contributed by atoms with Crippen LogP contribution in [0.2, 0.25) is 5.02 Å². The van der Waals surface area contributed by atoms with E-state index in [0.29, 0.717) is 11.4 Å². The first kappa shape index (κ1) is 13.5. The Balaban J connectivity index is 3.04. The van der Waals surface area contributed by atoms with E-state index in [1.165, 1.54) is 0 Å². The van der Waals surface area contributed by atoms with Gasteiger partial charge in [0, 0.05) is 18.4 Å². The number of nitrogens with zero attached hydrogens (tertiary/aromatic N) is 2. The smallest absolute Gasteiger partial charge is 0.0847 e. The van der Waals surface area contributed by atoms with Crippen LogP contribution in [0.3, 0.4) is 0 Å². The summed E-state index contributed by atoms with van der Waals surface area (Å²) in [7, 11) is 0. The van der Waals surface area contributed by atoms with Crippen LogP contribution in [-0.2, 0) is 13.0 Å². The second-order valence-corrected chi connectivity index (χ2v) is 4.84. The van der Waals surface area contributed by atoms with Crippen molar-refractivity contribution in [3.05, 3.63) is 16.4 Å². The molecule has 5 heteroatoms. The lowest BCUT2D eigenvalue weighted by Crippen LogP contribution is -2.29. The molecule has 1 aromatic heterocycles. The third-order valence-corrected chi connectivity index (χ3v) is 3.30. The average molecular weight is 247 g/mol. The van der Waals surface area contributed by atoms with Crippen molar-refractivity contribution in [1.29, 1.82) is 0 Å². The molecule has 2 N–H and O–H groups in total. The fourth-order valence-electron chi connectivity index (χ4n) is 1.60. The Morgan fingerprint density at radius 2 is 1.94 bits per heavy atom. The van der Waals surface area contributed by atoms with Crippen LogP contribution in [-0.4, -0.2) is 33.2 Å². The van der Waals surface area contributed by atoms with Gasteiger partial charge in [0.25, 0.3) is 0 Å². The first-order valence-corrected chi connectivity index (χ1v) is 5.78. The van der Waals surface area contributed by atoms with E-state index in [1.807, 2.05) is 25.5 Å². The summed E-state index contributed by atoms with van der Waals surface area (Å²) >= 11 is 6.17. The molecule has 4 nitrogen and oxygen atoms in total. The average Bonchev–Trinajstić information content (AvgIpc) is 2.56. The standard InChI is InChI=1S/C11H19ClN2O2/c1-4-14-9(10(12)8(2)13-14)5-11(3,6-15)7-16/h15-16H,4-7H2,1-3H3. The molecule has 0 aromatic carbocycles. The molecule has 92 valence electrons. The third-order valence-electron chi connectivity index (χ3n) is 2.81. The summed E-state index contributed by atoms with van der Waals surface area (Å²) in [6.07, 6.45) is 0.521. The molecule has 0 aliphatic rings. The fourth-order valence-corrected chi connectivity index (χ4v) is 1.81. The molecule has 0 saturated carbocycles. The van der Waals surface area contributed by atoms with Gasteiger partial charge < -0.3 is 10.2 Å². The van der Waals surface area contributed by atoms with Crippen molar-refractivity contribution < 1.29 is 10.2 Å². The fraction of sp³-hybridized carbons (Fsp3) is 0.727. The molecule has 0 aliphatic heterocycles. The van der Waals surface area contributed by atoms with E-state index in [0.717, 1.165) is 17.9 Å². The number of aromatic nitrogens is 2. The van der Waals surface area contributed by atoms with Gasteiger partial charge in [-0.05, 0) is 13.8 Å². The molecule has 0 radical (unpaired) electrons. The topological polar surface area (TPSA) is 58.3 Å². The van der Waals surface area contributed by atoms with Gasteiger partial charge in [-0.25, -0.2) is 0 Å². The van der Waals surface area contributed by atoms with Crippen LogP contribution in [0.1, 0.15) is 25.2 Å². The minimum atomic E-state index is -0.553. The Morgan fingerprint density at radius 3 is 2.38 bits per heavy atom. The SMILES string of the molecule is CCn1nc(C)c(Cl)c1CC(C)(CO)CO. The van der Waals surface area contributed by atoms with E-state index in [2.05, 4.69) is 5.10 Å². The monoisotopic (exact) mass is 246 g/mol. The van der Waals surface area contributed by atoms with E-state index in [1.54, 1.807) is 0 Å². The van der Waals surface area contributed by atoms with Crippen LogP contribution >= 0.6 is 11.6 Å². The Labute approximate surface area is 101 Å². The number of rotatable bonds is 5. The third kappa shape index (κ3) is 2.56. The van der Waals surface area contributed by atoms with E-state index >= 15 is 0 Å². The summed E-state index contributed by atoms with van der Waals surface area (Å²) in [6.45, 7) is 6.25. The van der Waals surface area contributed by atoms with Crippen LogP contribution in [0.4, 0.5) is 0 Å². The maximum absolute atomic E-state index is 9.28. The van der Waals surface area contributed by atoms with Crippen LogP contribution < -0.4 is 0 Å². The van der Waals surface area contributed by atoms with Crippen molar-refractivity contribution in [2.75, 3.05) is 13.2 Å². The lowest BCUT2D eigenvalue weighted by atomic mass is 9.87. The molecule has 0 fully saturated rings. The number of hydrogen-bond acceptors (Lipinski definition) is 3. The second-order valence-electron chi connectivity index (χ2n) is 4.47. The predicted octanol–water partition coefficient (Wildman–Crippen LogP) is 1.40. The lowest BCUT2D eigenvalue weighted by molar-refractivity contribution is 0.0687. The normalized spacial score (nSPS) is 12.1.